The van der Waals surface area contributed by atoms with E-state index < -0.39 is 17.4 Å². The summed E-state index contributed by atoms with van der Waals surface area (Å²) in [6.45, 7) is 0.964. The Bertz CT molecular complexity index is 1820. The minimum absolute atomic E-state index is 0.000823. The molecule has 6 rings (SSSR count). The summed E-state index contributed by atoms with van der Waals surface area (Å²) < 4.78 is 12.9. The molecule has 1 fully saturated rings. The highest BCUT2D eigenvalue weighted by Gasteiger charge is 2.22. The number of fused-ring (bicyclic) bond motifs is 1. The Hall–Kier alpha value is -5.28. The summed E-state index contributed by atoms with van der Waals surface area (Å²) in [5.74, 6) is -0.935. The minimum atomic E-state index is -0.570. The van der Waals surface area contributed by atoms with Crippen molar-refractivity contribution in [2.45, 2.75) is 18.9 Å². The third-order valence-electron chi connectivity index (χ3n) is 7.00. The van der Waals surface area contributed by atoms with Crippen molar-refractivity contribution < 1.29 is 18.7 Å². The van der Waals surface area contributed by atoms with Crippen molar-refractivity contribution in [1.29, 1.82) is 0 Å². The van der Waals surface area contributed by atoms with Gasteiger partial charge >= 0.3 is 5.63 Å². The van der Waals surface area contributed by atoms with Crippen LogP contribution in [0.4, 0.5) is 0 Å². The van der Waals surface area contributed by atoms with Gasteiger partial charge in [-0.05, 0) is 55.3 Å². The third kappa shape index (κ3) is 5.91. The highest BCUT2D eigenvalue weighted by atomic mass is 16.5. The van der Waals surface area contributed by atoms with Gasteiger partial charge in [0.05, 0.1) is 17.4 Å². The van der Waals surface area contributed by atoms with Gasteiger partial charge in [-0.2, -0.15) is 5.10 Å². The average molecular weight is 561 g/mol. The topological polar surface area (TPSA) is 115 Å². The van der Waals surface area contributed by atoms with E-state index in [1.54, 1.807) is 59.4 Å². The number of rotatable bonds is 8. The second-order valence-electron chi connectivity index (χ2n) is 9.92. The van der Waals surface area contributed by atoms with E-state index in [0.717, 1.165) is 23.9 Å². The maximum atomic E-state index is 13.5. The lowest BCUT2D eigenvalue weighted by Crippen LogP contribution is -2.38. The van der Waals surface area contributed by atoms with Crippen LogP contribution in [0.1, 0.15) is 28.8 Å². The van der Waals surface area contributed by atoms with Crippen LogP contribution in [0.3, 0.4) is 0 Å². The molecule has 0 radical (unpaired) electrons. The molecular weight excluding hydrogens is 532 g/mol. The summed E-state index contributed by atoms with van der Waals surface area (Å²) in [5.41, 5.74) is 2.00. The summed E-state index contributed by atoms with van der Waals surface area (Å²) in [6.07, 6.45) is 4.94. The van der Waals surface area contributed by atoms with Crippen LogP contribution in [-0.4, -0.2) is 40.9 Å². The number of aromatic nitrogens is 2. The largest absolute Gasteiger partial charge is 0.422 e. The van der Waals surface area contributed by atoms with Crippen molar-refractivity contribution in [3.8, 4) is 16.9 Å². The molecule has 1 aliphatic rings. The van der Waals surface area contributed by atoms with Crippen molar-refractivity contribution >= 4 is 28.9 Å². The zero-order valence-electron chi connectivity index (χ0n) is 22.7. The van der Waals surface area contributed by atoms with E-state index >= 15 is 0 Å². The lowest BCUT2D eigenvalue weighted by molar-refractivity contribution is -0.118. The number of hydrogen-bond donors (Lipinski definition) is 2. The maximum absolute atomic E-state index is 13.5. The quantitative estimate of drug-likeness (QED) is 0.210. The monoisotopic (exact) mass is 560 g/mol. The molecule has 3 aromatic carbocycles. The van der Waals surface area contributed by atoms with E-state index in [1.807, 2.05) is 42.5 Å². The van der Waals surface area contributed by atoms with Crippen LogP contribution in [0.25, 0.3) is 34.0 Å². The van der Waals surface area contributed by atoms with Gasteiger partial charge in [0.1, 0.15) is 17.0 Å². The number of carbonyl (C=O) groups excluding carboxylic acids is 2. The van der Waals surface area contributed by atoms with Gasteiger partial charge < -0.3 is 19.8 Å². The fraction of sp³-hybridized carbons (Fsp3) is 0.152. The predicted octanol–water partition coefficient (Wildman–Crippen LogP) is 4.71. The molecule has 9 nitrogen and oxygen atoms in total. The van der Waals surface area contributed by atoms with Crippen LogP contribution in [0.5, 0.6) is 0 Å². The molecule has 1 saturated heterocycles. The highest BCUT2D eigenvalue weighted by Crippen LogP contribution is 2.26. The molecule has 0 spiro atoms. The molecule has 0 bridgehead atoms. The molecule has 2 amide bonds. The first-order valence-corrected chi connectivity index (χ1v) is 13.7. The first kappa shape index (κ1) is 26.9. The van der Waals surface area contributed by atoms with Gasteiger partial charge in [0.2, 0.25) is 0 Å². The Morgan fingerprint density at radius 3 is 2.48 bits per heavy atom. The Morgan fingerprint density at radius 2 is 1.71 bits per heavy atom. The standard InChI is InChI=1S/C33H28N4O5/c38-31(22-10-3-1-4-11-22)35-28(32(39)34-20-26-15-9-17-41-26)19-24-21-37(25-13-5-2-6-14-25)36-30(24)27-18-23-12-7-8-16-29(23)42-33(27)40/h1-8,10-14,16,18-19,21,26H,9,15,17,20H2,(H,34,39)(H,35,38)/b28-19-. The summed E-state index contributed by atoms with van der Waals surface area (Å²) in [5, 5.41) is 11.1. The smallest absolute Gasteiger partial charge is 0.345 e. The van der Waals surface area contributed by atoms with Crippen LogP contribution in [0, 0.1) is 0 Å². The van der Waals surface area contributed by atoms with Crippen molar-refractivity contribution in [1.82, 2.24) is 20.4 Å². The second kappa shape index (κ2) is 12.1. The van der Waals surface area contributed by atoms with Crippen LogP contribution in [0.15, 0.2) is 112 Å². The molecule has 9 heteroatoms. The number of ether oxygens (including phenoxy) is 1. The molecule has 1 atom stereocenters. The summed E-state index contributed by atoms with van der Waals surface area (Å²) in [6, 6.07) is 26.9. The third-order valence-corrected chi connectivity index (χ3v) is 7.00. The number of nitrogens with zero attached hydrogens (tertiary/aromatic N) is 2. The SMILES string of the molecule is O=C(NCC1CCCO1)/C(=C/c1cn(-c2ccccc2)nc1-c1cc2ccccc2oc1=O)NC(=O)c1ccccc1. The summed E-state index contributed by atoms with van der Waals surface area (Å²) >= 11 is 0. The molecular formula is C33H28N4O5. The van der Waals surface area contributed by atoms with Crippen LogP contribution in [0.2, 0.25) is 0 Å². The molecule has 0 saturated carbocycles. The Kier molecular flexibility index (Phi) is 7.74. The van der Waals surface area contributed by atoms with E-state index in [9.17, 15) is 14.4 Å². The van der Waals surface area contributed by atoms with Gasteiger partial charge in [0, 0.05) is 35.9 Å². The van der Waals surface area contributed by atoms with Crippen LogP contribution >= 0.6 is 0 Å². The fourth-order valence-corrected chi connectivity index (χ4v) is 4.85. The van der Waals surface area contributed by atoms with E-state index in [1.165, 1.54) is 6.08 Å². The Balaban J connectivity index is 1.45. The minimum Gasteiger partial charge on any atom is -0.422 e. The Labute approximate surface area is 241 Å². The molecule has 2 N–H and O–H groups in total. The molecule has 2 aromatic heterocycles. The van der Waals surface area contributed by atoms with Gasteiger partial charge in [-0.1, -0.05) is 54.6 Å². The zero-order valence-corrected chi connectivity index (χ0v) is 22.7. The molecule has 1 unspecified atom stereocenters. The molecule has 1 aliphatic heterocycles. The zero-order chi connectivity index (χ0) is 28.9. The van der Waals surface area contributed by atoms with Gasteiger partial charge in [0.15, 0.2) is 0 Å². The van der Waals surface area contributed by atoms with Crippen molar-refractivity contribution in [2.24, 2.45) is 0 Å². The first-order valence-electron chi connectivity index (χ1n) is 13.7. The van der Waals surface area contributed by atoms with Gasteiger partial charge in [-0.25, -0.2) is 9.48 Å². The van der Waals surface area contributed by atoms with Crippen molar-refractivity contribution in [3.63, 3.8) is 0 Å². The van der Waals surface area contributed by atoms with Gasteiger partial charge in [0.25, 0.3) is 11.8 Å². The number of benzene rings is 3. The van der Waals surface area contributed by atoms with E-state index in [0.29, 0.717) is 35.6 Å². The fourth-order valence-electron chi connectivity index (χ4n) is 4.85. The van der Waals surface area contributed by atoms with Crippen LogP contribution in [-0.2, 0) is 9.53 Å². The normalized spacial score (nSPS) is 15.0. The molecule has 42 heavy (non-hydrogen) atoms. The predicted molar refractivity (Wildman–Crippen MR) is 159 cm³/mol. The molecule has 3 heterocycles. The van der Waals surface area contributed by atoms with E-state index in [2.05, 4.69) is 10.6 Å². The van der Waals surface area contributed by atoms with Crippen molar-refractivity contribution in [2.75, 3.05) is 13.2 Å². The Morgan fingerprint density at radius 1 is 0.976 bits per heavy atom. The van der Waals surface area contributed by atoms with E-state index in [-0.39, 0.29) is 17.4 Å². The highest BCUT2D eigenvalue weighted by molar-refractivity contribution is 6.05. The molecule has 0 aliphatic carbocycles. The lowest BCUT2D eigenvalue weighted by Gasteiger charge is -2.14. The molecule has 210 valence electrons. The summed E-state index contributed by atoms with van der Waals surface area (Å²) in [7, 11) is 0. The number of carbonyl (C=O) groups is 2. The van der Waals surface area contributed by atoms with Gasteiger partial charge in [-0.3, -0.25) is 9.59 Å². The molecule has 5 aromatic rings. The summed E-state index contributed by atoms with van der Waals surface area (Å²) in [4.78, 5) is 39.8. The maximum Gasteiger partial charge on any atom is 0.345 e. The number of nitrogens with one attached hydrogen (secondary N) is 2. The van der Waals surface area contributed by atoms with Crippen molar-refractivity contribution in [3.05, 3.63) is 124 Å². The van der Waals surface area contributed by atoms with E-state index in [4.69, 9.17) is 14.3 Å². The van der Waals surface area contributed by atoms with Gasteiger partial charge in [-0.15, -0.1) is 0 Å². The number of amides is 2. The lowest BCUT2D eigenvalue weighted by atomic mass is 10.1. The second-order valence-corrected chi connectivity index (χ2v) is 9.92. The average Bonchev–Trinajstić information content (AvgIpc) is 3.70. The number of hydrogen-bond acceptors (Lipinski definition) is 6. The number of para-hydroxylation sites is 2. The van der Waals surface area contributed by atoms with Crippen LogP contribution < -0.4 is 16.3 Å². The first-order chi connectivity index (χ1) is 20.5.